The average molecular weight is 745 g/mol. The van der Waals surface area contributed by atoms with Crippen molar-refractivity contribution in [3.05, 3.63) is 131 Å². The minimum Gasteiger partial charge on any atom is -0.493 e. The van der Waals surface area contributed by atoms with Crippen LogP contribution < -0.4 is 20.2 Å². The second-order valence-corrected chi connectivity index (χ2v) is 14.4. The third-order valence-electron chi connectivity index (χ3n) is 10.6. The molecular weight excluding hydrogens is 693 g/mol. The van der Waals surface area contributed by atoms with E-state index in [0.717, 1.165) is 70.5 Å². The number of fused-ring (bicyclic) bond motifs is 1. The zero-order valence-electron chi connectivity index (χ0n) is 33.1. The maximum absolute atomic E-state index is 10.7. The van der Waals surface area contributed by atoms with Gasteiger partial charge in [0.1, 0.15) is 23.1 Å². The standard InChI is InChI=1S/C48H52N6O2/c1-6-10-16-33(8-3)31-55-37-24-20-35(21-25-37)44-42-43(48(54-44)47(50-5)41-19-13-15-29-52-41)45(53-46(42)39(30-49)40-18-12-14-28-51-40)36-22-26-38(27-23-36)56-32-34(9-4)17-11-7-2/h12-15,18-29,33-34,53-54H,6-11,16-17,31-32H2,1-4H3/b46-39-,48-47+. The molecule has 2 aromatic carbocycles. The monoisotopic (exact) mass is 744 g/mol. The van der Waals surface area contributed by atoms with E-state index in [0.29, 0.717) is 58.4 Å². The quantitative estimate of drug-likeness (QED) is 0.0853. The van der Waals surface area contributed by atoms with Crippen molar-refractivity contribution in [3.63, 3.8) is 0 Å². The van der Waals surface area contributed by atoms with E-state index in [2.05, 4.69) is 58.5 Å². The molecule has 8 heteroatoms. The van der Waals surface area contributed by atoms with E-state index in [9.17, 15) is 5.26 Å². The molecule has 2 atom stereocenters. The lowest BCUT2D eigenvalue weighted by Gasteiger charge is -2.15. The van der Waals surface area contributed by atoms with Crippen LogP contribution in [0, 0.1) is 29.7 Å². The summed E-state index contributed by atoms with van der Waals surface area (Å²) in [7, 11) is 0. The van der Waals surface area contributed by atoms with Gasteiger partial charge in [-0.2, -0.15) is 5.26 Å². The minimum absolute atomic E-state index is 0.375. The number of nitrogens with one attached hydrogen (secondary N) is 2. The Morgan fingerprint density at radius 3 is 1.59 bits per heavy atom. The van der Waals surface area contributed by atoms with E-state index in [1.807, 2.05) is 84.9 Å². The largest absolute Gasteiger partial charge is 0.493 e. The van der Waals surface area contributed by atoms with Crippen LogP contribution in [-0.2, 0) is 0 Å². The summed E-state index contributed by atoms with van der Waals surface area (Å²) in [5.74, 6) is 2.64. The molecule has 56 heavy (non-hydrogen) atoms. The summed E-state index contributed by atoms with van der Waals surface area (Å²) in [5.41, 5.74) is 5.19. The fraction of sp³-hybridized carbons (Fsp3) is 0.333. The van der Waals surface area contributed by atoms with Crippen molar-refractivity contribution in [3.8, 4) is 40.1 Å². The van der Waals surface area contributed by atoms with E-state index in [4.69, 9.17) is 16.0 Å². The molecule has 0 radical (unpaired) electrons. The Balaban J connectivity index is 1.56. The summed E-state index contributed by atoms with van der Waals surface area (Å²) in [6.07, 6.45) is 12.6. The number of benzene rings is 2. The molecule has 0 spiro atoms. The first-order valence-electron chi connectivity index (χ1n) is 20.1. The Hall–Kier alpha value is -6.12. The predicted octanol–water partition coefficient (Wildman–Crippen LogP) is 10.6. The van der Waals surface area contributed by atoms with Gasteiger partial charge in [0.05, 0.1) is 53.3 Å². The van der Waals surface area contributed by atoms with Gasteiger partial charge in [-0.1, -0.05) is 78.4 Å². The van der Waals surface area contributed by atoms with Crippen LogP contribution in [-0.4, -0.2) is 33.1 Å². The Morgan fingerprint density at radius 1 is 0.679 bits per heavy atom. The molecule has 8 nitrogen and oxygen atoms in total. The van der Waals surface area contributed by atoms with E-state index in [1.165, 1.54) is 25.7 Å². The molecule has 2 N–H and O–H groups in total. The maximum Gasteiger partial charge on any atom is 0.235 e. The molecule has 0 saturated carbocycles. The van der Waals surface area contributed by atoms with Crippen molar-refractivity contribution >= 4 is 22.0 Å². The van der Waals surface area contributed by atoms with E-state index < -0.39 is 0 Å². The van der Waals surface area contributed by atoms with Gasteiger partial charge in [-0.15, -0.1) is 0 Å². The van der Waals surface area contributed by atoms with Crippen molar-refractivity contribution in [1.82, 2.24) is 19.9 Å². The summed E-state index contributed by atoms with van der Waals surface area (Å²) in [5, 5.41) is 13.6. The van der Waals surface area contributed by atoms with Gasteiger partial charge in [0.25, 0.3) is 0 Å². The molecule has 0 bridgehead atoms. The van der Waals surface area contributed by atoms with Gasteiger partial charge in [-0.3, -0.25) is 9.97 Å². The van der Waals surface area contributed by atoms with Crippen LogP contribution in [0.4, 0.5) is 0 Å². The number of aromatic nitrogens is 4. The van der Waals surface area contributed by atoms with Crippen LogP contribution in [0.2, 0.25) is 0 Å². The lowest BCUT2D eigenvalue weighted by molar-refractivity contribution is 0.233. The average Bonchev–Trinajstić information content (AvgIpc) is 3.82. The molecule has 0 aliphatic rings. The molecular formula is C48H52N6O2. The number of pyridine rings is 2. The first-order chi connectivity index (χ1) is 27.5. The van der Waals surface area contributed by atoms with E-state index in [-0.39, 0.29) is 0 Å². The van der Waals surface area contributed by atoms with Crippen LogP contribution in [0.1, 0.15) is 90.4 Å². The molecule has 0 aliphatic carbocycles. The van der Waals surface area contributed by atoms with Gasteiger partial charge in [0, 0.05) is 23.2 Å². The second kappa shape index (κ2) is 19.5. The van der Waals surface area contributed by atoms with Crippen LogP contribution in [0.5, 0.6) is 11.5 Å². The highest BCUT2D eigenvalue weighted by Crippen LogP contribution is 2.33. The smallest absolute Gasteiger partial charge is 0.235 e. The highest BCUT2D eigenvalue weighted by molar-refractivity contribution is 6.07. The summed E-state index contributed by atoms with van der Waals surface area (Å²) >= 11 is 0. The number of rotatable bonds is 18. The zero-order valence-corrected chi connectivity index (χ0v) is 33.1. The highest BCUT2D eigenvalue weighted by atomic mass is 16.5. The summed E-state index contributed by atoms with van der Waals surface area (Å²) < 4.78 is 12.6. The number of nitrogens with zero attached hydrogens (tertiary/aromatic N) is 4. The number of H-pyrrole nitrogens is 2. The third-order valence-corrected chi connectivity index (χ3v) is 10.6. The number of hydrogen-bond acceptors (Lipinski definition) is 5. The van der Waals surface area contributed by atoms with Crippen LogP contribution in [0.15, 0.2) is 97.3 Å². The molecule has 0 saturated heterocycles. The summed E-state index contributed by atoms with van der Waals surface area (Å²) in [6, 6.07) is 29.7. The topological polar surface area (TPSA) is 104 Å². The first-order valence-corrected chi connectivity index (χ1v) is 20.1. The van der Waals surface area contributed by atoms with Crippen molar-refractivity contribution in [1.29, 1.82) is 5.26 Å². The van der Waals surface area contributed by atoms with Crippen molar-refractivity contribution < 1.29 is 9.47 Å². The highest BCUT2D eigenvalue weighted by Gasteiger charge is 2.23. The van der Waals surface area contributed by atoms with Crippen molar-refractivity contribution in [2.24, 2.45) is 11.8 Å². The van der Waals surface area contributed by atoms with Gasteiger partial charge in [-0.05, 0) is 109 Å². The van der Waals surface area contributed by atoms with Gasteiger partial charge < -0.3 is 19.4 Å². The van der Waals surface area contributed by atoms with Crippen molar-refractivity contribution in [2.75, 3.05) is 13.2 Å². The van der Waals surface area contributed by atoms with Crippen LogP contribution in [0.25, 0.3) is 49.4 Å². The molecule has 4 aromatic heterocycles. The lowest BCUT2D eigenvalue weighted by atomic mass is 10.0. The molecule has 2 unspecified atom stereocenters. The lowest BCUT2D eigenvalue weighted by Crippen LogP contribution is -2.12. The third kappa shape index (κ3) is 9.04. The van der Waals surface area contributed by atoms with Gasteiger partial charge in [-0.25, -0.2) is 4.85 Å². The zero-order chi connectivity index (χ0) is 39.3. The van der Waals surface area contributed by atoms with Gasteiger partial charge in [0.15, 0.2) is 0 Å². The SMILES string of the molecule is [C-]#[N+]/C(c1ccccn1)=c1/[nH]c(-c2ccc(OCC(CC)CCCC)cc2)c2/c(=C(\C#N)c3ccccn3)[nH]c(-c3ccc(OCC(CC)CCCC)cc3)c12. The summed E-state index contributed by atoms with van der Waals surface area (Å²) in [4.78, 5) is 20.6. The second-order valence-electron chi connectivity index (χ2n) is 14.4. The molecule has 0 fully saturated rings. The van der Waals surface area contributed by atoms with Crippen molar-refractivity contribution in [2.45, 2.75) is 79.1 Å². The molecule has 4 heterocycles. The van der Waals surface area contributed by atoms with Gasteiger partial charge >= 0.3 is 0 Å². The Morgan fingerprint density at radius 2 is 1.16 bits per heavy atom. The molecule has 6 aromatic rings. The first kappa shape index (κ1) is 39.6. The fourth-order valence-electron chi connectivity index (χ4n) is 7.20. The van der Waals surface area contributed by atoms with Gasteiger partial charge in [0.2, 0.25) is 5.70 Å². The normalized spacial score (nSPS) is 13.4. The molecule has 0 aliphatic heterocycles. The number of ether oxygens (including phenoxy) is 2. The predicted molar refractivity (Wildman–Crippen MR) is 226 cm³/mol. The number of aromatic amines is 2. The number of nitriles is 1. The Kier molecular flexibility index (Phi) is 13.8. The number of unbranched alkanes of at least 4 members (excludes halogenated alkanes) is 2. The van der Waals surface area contributed by atoms with E-state index >= 15 is 0 Å². The van der Waals surface area contributed by atoms with Crippen LogP contribution >= 0.6 is 0 Å². The fourth-order valence-corrected chi connectivity index (χ4v) is 7.20. The Bertz CT molecular complexity index is 2210. The summed E-state index contributed by atoms with van der Waals surface area (Å²) in [6.45, 7) is 18.7. The minimum atomic E-state index is 0.375. The molecule has 6 rings (SSSR count). The maximum atomic E-state index is 10.7. The number of hydrogen-bond donors (Lipinski definition) is 2. The molecule has 0 amide bonds. The Labute approximate surface area is 330 Å². The molecule has 286 valence electrons. The van der Waals surface area contributed by atoms with E-state index in [1.54, 1.807) is 12.4 Å². The van der Waals surface area contributed by atoms with Crippen LogP contribution in [0.3, 0.4) is 0 Å².